The molecule has 22 heavy (non-hydrogen) atoms. The smallest absolute Gasteiger partial charge is 0.227 e. The minimum absolute atomic E-state index is 0.794. The Morgan fingerprint density at radius 1 is 1.14 bits per heavy atom. The first-order chi connectivity index (χ1) is 10.6. The normalized spacial score (nSPS) is 10.5. The standard InChI is InChI=1S/C17H23BrN4/c1-4-10-22(11-5-2)17-19-9-8-16(21-17)20-14-6-7-15(18)13(3)12-14/h6-9,12H,4-5,10-11H2,1-3H3,(H,19,20,21). The van der Waals surface area contributed by atoms with Gasteiger partial charge >= 0.3 is 0 Å². The molecule has 0 aliphatic carbocycles. The number of nitrogens with one attached hydrogen (secondary N) is 1. The van der Waals surface area contributed by atoms with Crippen molar-refractivity contribution >= 4 is 33.4 Å². The Morgan fingerprint density at radius 3 is 2.50 bits per heavy atom. The third-order valence-corrected chi connectivity index (χ3v) is 4.23. The average Bonchev–Trinajstić information content (AvgIpc) is 2.51. The molecule has 0 amide bonds. The number of hydrogen-bond donors (Lipinski definition) is 1. The third kappa shape index (κ3) is 4.44. The van der Waals surface area contributed by atoms with E-state index in [0.29, 0.717) is 0 Å². The molecule has 0 spiro atoms. The van der Waals surface area contributed by atoms with Gasteiger partial charge in [-0.05, 0) is 49.6 Å². The second-order valence-electron chi connectivity index (χ2n) is 5.32. The molecule has 0 unspecified atom stereocenters. The molecular weight excluding hydrogens is 340 g/mol. The van der Waals surface area contributed by atoms with E-state index >= 15 is 0 Å². The zero-order valence-corrected chi connectivity index (χ0v) is 15.0. The Bertz CT molecular complexity index is 609. The molecule has 1 heterocycles. The Balaban J connectivity index is 2.18. The lowest BCUT2D eigenvalue weighted by molar-refractivity contribution is 0.722. The summed E-state index contributed by atoms with van der Waals surface area (Å²) in [5, 5.41) is 3.35. The predicted octanol–water partition coefficient (Wildman–Crippen LogP) is 4.92. The van der Waals surface area contributed by atoms with Gasteiger partial charge in [0.15, 0.2) is 0 Å². The molecule has 0 bridgehead atoms. The van der Waals surface area contributed by atoms with Crippen LogP contribution in [0, 0.1) is 6.92 Å². The number of halogens is 1. The Kier molecular flexibility index (Phi) is 6.19. The van der Waals surface area contributed by atoms with Gasteiger partial charge in [0.25, 0.3) is 0 Å². The number of benzene rings is 1. The van der Waals surface area contributed by atoms with Crippen LogP contribution in [0.4, 0.5) is 17.5 Å². The third-order valence-electron chi connectivity index (χ3n) is 3.34. The molecule has 2 aromatic rings. The van der Waals surface area contributed by atoms with E-state index in [1.165, 1.54) is 5.56 Å². The monoisotopic (exact) mass is 362 g/mol. The van der Waals surface area contributed by atoms with Crippen LogP contribution >= 0.6 is 15.9 Å². The first kappa shape index (κ1) is 16.7. The largest absolute Gasteiger partial charge is 0.341 e. The lowest BCUT2D eigenvalue weighted by Crippen LogP contribution is -2.26. The topological polar surface area (TPSA) is 41.1 Å². The second-order valence-corrected chi connectivity index (χ2v) is 6.17. The van der Waals surface area contributed by atoms with E-state index in [1.807, 2.05) is 24.4 Å². The number of nitrogens with zero attached hydrogens (tertiary/aromatic N) is 3. The summed E-state index contributed by atoms with van der Waals surface area (Å²) in [6, 6.07) is 8.08. The molecule has 118 valence electrons. The van der Waals surface area contributed by atoms with Gasteiger partial charge in [-0.3, -0.25) is 0 Å². The summed E-state index contributed by atoms with van der Waals surface area (Å²) in [4.78, 5) is 11.3. The zero-order chi connectivity index (χ0) is 15.9. The molecule has 5 heteroatoms. The maximum absolute atomic E-state index is 4.65. The van der Waals surface area contributed by atoms with Crippen molar-refractivity contribution in [2.45, 2.75) is 33.6 Å². The molecule has 0 aliphatic heterocycles. The predicted molar refractivity (Wildman–Crippen MR) is 97.0 cm³/mol. The SMILES string of the molecule is CCCN(CCC)c1nccc(Nc2ccc(Br)c(C)c2)n1. The molecule has 1 aromatic carbocycles. The first-order valence-electron chi connectivity index (χ1n) is 7.75. The molecule has 0 radical (unpaired) electrons. The lowest BCUT2D eigenvalue weighted by atomic mass is 10.2. The Labute approximate surface area is 141 Å². The summed E-state index contributed by atoms with van der Waals surface area (Å²) < 4.78 is 1.11. The molecule has 0 saturated heterocycles. The van der Waals surface area contributed by atoms with Crippen molar-refractivity contribution in [2.24, 2.45) is 0 Å². The van der Waals surface area contributed by atoms with Crippen molar-refractivity contribution in [3.8, 4) is 0 Å². The Hall–Kier alpha value is -1.62. The van der Waals surface area contributed by atoms with Gasteiger partial charge in [0.05, 0.1) is 0 Å². The van der Waals surface area contributed by atoms with Gasteiger partial charge in [-0.2, -0.15) is 4.98 Å². The lowest BCUT2D eigenvalue weighted by Gasteiger charge is -2.21. The Morgan fingerprint density at radius 2 is 1.86 bits per heavy atom. The molecular formula is C17H23BrN4. The van der Waals surface area contributed by atoms with Gasteiger partial charge in [0, 0.05) is 29.4 Å². The van der Waals surface area contributed by atoms with Crippen molar-refractivity contribution in [2.75, 3.05) is 23.3 Å². The molecule has 0 aliphatic rings. The van der Waals surface area contributed by atoms with E-state index in [-0.39, 0.29) is 0 Å². The summed E-state index contributed by atoms with van der Waals surface area (Å²) in [5.74, 6) is 1.62. The van der Waals surface area contributed by atoms with Crippen LogP contribution in [0.1, 0.15) is 32.3 Å². The van der Waals surface area contributed by atoms with Gasteiger partial charge in [-0.25, -0.2) is 4.98 Å². The van der Waals surface area contributed by atoms with Crippen molar-refractivity contribution in [1.82, 2.24) is 9.97 Å². The average molecular weight is 363 g/mol. The van der Waals surface area contributed by atoms with E-state index in [9.17, 15) is 0 Å². The molecule has 1 aromatic heterocycles. The van der Waals surface area contributed by atoms with Crippen LogP contribution in [0.25, 0.3) is 0 Å². The highest BCUT2D eigenvalue weighted by Gasteiger charge is 2.08. The number of hydrogen-bond acceptors (Lipinski definition) is 4. The minimum Gasteiger partial charge on any atom is -0.341 e. The number of aryl methyl sites for hydroxylation is 1. The van der Waals surface area contributed by atoms with Gasteiger partial charge < -0.3 is 10.2 Å². The van der Waals surface area contributed by atoms with E-state index in [2.05, 4.69) is 63.0 Å². The highest BCUT2D eigenvalue weighted by Crippen LogP contribution is 2.23. The molecule has 0 atom stereocenters. The second kappa shape index (κ2) is 8.13. The van der Waals surface area contributed by atoms with E-state index in [4.69, 9.17) is 0 Å². The highest BCUT2D eigenvalue weighted by molar-refractivity contribution is 9.10. The maximum atomic E-state index is 4.65. The van der Waals surface area contributed by atoms with Gasteiger partial charge in [0.1, 0.15) is 5.82 Å². The van der Waals surface area contributed by atoms with Crippen LogP contribution in [0.3, 0.4) is 0 Å². The fraction of sp³-hybridized carbons (Fsp3) is 0.412. The van der Waals surface area contributed by atoms with Crippen LogP contribution in [-0.4, -0.2) is 23.1 Å². The van der Waals surface area contributed by atoms with Crippen LogP contribution in [-0.2, 0) is 0 Å². The fourth-order valence-corrected chi connectivity index (χ4v) is 2.54. The van der Waals surface area contributed by atoms with Crippen LogP contribution in [0.5, 0.6) is 0 Å². The van der Waals surface area contributed by atoms with Gasteiger partial charge in [-0.1, -0.05) is 29.8 Å². The van der Waals surface area contributed by atoms with Crippen LogP contribution < -0.4 is 10.2 Å². The molecule has 4 nitrogen and oxygen atoms in total. The van der Waals surface area contributed by atoms with Crippen molar-refractivity contribution in [3.05, 3.63) is 40.5 Å². The van der Waals surface area contributed by atoms with Crippen molar-refractivity contribution in [1.29, 1.82) is 0 Å². The summed E-state index contributed by atoms with van der Waals surface area (Å²) in [5.41, 5.74) is 2.22. The molecule has 2 rings (SSSR count). The van der Waals surface area contributed by atoms with Crippen molar-refractivity contribution in [3.63, 3.8) is 0 Å². The summed E-state index contributed by atoms with van der Waals surface area (Å²) in [6.07, 6.45) is 3.99. The van der Waals surface area contributed by atoms with E-state index in [0.717, 1.165) is 47.9 Å². The molecule has 0 saturated carbocycles. The highest BCUT2D eigenvalue weighted by atomic mass is 79.9. The van der Waals surface area contributed by atoms with E-state index in [1.54, 1.807) is 0 Å². The number of anilines is 3. The number of aromatic nitrogens is 2. The first-order valence-corrected chi connectivity index (χ1v) is 8.54. The van der Waals surface area contributed by atoms with Crippen molar-refractivity contribution < 1.29 is 0 Å². The molecule has 1 N–H and O–H groups in total. The summed E-state index contributed by atoms with van der Waals surface area (Å²) >= 11 is 3.52. The van der Waals surface area contributed by atoms with Gasteiger partial charge in [0.2, 0.25) is 5.95 Å². The fourth-order valence-electron chi connectivity index (χ4n) is 2.29. The zero-order valence-electron chi connectivity index (χ0n) is 13.4. The van der Waals surface area contributed by atoms with Crippen LogP contribution in [0.2, 0.25) is 0 Å². The maximum Gasteiger partial charge on any atom is 0.227 e. The quantitative estimate of drug-likeness (QED) is 0.758. The summed E-state index contributed by atoms with van der Waals surface area (Å²) in [6.45, 7) is 8.39. The van der Waals surface area contributed by atoms with Gasteiger partial charge in [-0.15, -0.1) is 0 Å². The summed E-state index contributed by atoms with van der Waals surface area (Å²) in [7, 11) is 0. The number of rotatable bonds is 7. The minimum atomic E-state index is 0.794. The molecule has 0 fully saturated rings. The van der Waals surface area contributed by atoms with Crippen LogP contribution in [0.15, 0.2) is 34.9 Å². The van der Waals surface area contributed by atoms with E-state index < -0.39 is 0 Å².